The normalized spacial score (nSPS) is 12.2. The van der Waals surface area contributed by atoms with Crippen molar-refractivity contribution in [2.75, 3.05) is 13.1 Å². The molecule has 0 aliphatic rings. The second-order valence-corrected chi connectivity index (χ2v) is 4.93. The summed E-state index contributed by atoms with van der Waals surface area (Å²) in [5.74, 6) is 0.378. The van der Waals surface area contributed by atoms with Crippen molar-refractivity contribution in [1.29, 1.82) is 0 Å². The van der Waals surface area contributed by atoms with E-state index in [0.717, 1.165) is 25.0 Å². The van der Waals surface area contributed by atoms with E-state index in [4.69, 9.17) is 5.73 Å². The summed E-state index contributed by atoms with van der Waals surface area (Å²) in [6.45, 7) is 7.11. The maximum atomic E-state index is 12.1. The molecule has 0 saturated carbocycles. The molecule has 0 fully saturated rings. The van der Waals surface area contributed by atoms with Gasteiger partial charge in [-0.15, -0.1) is 0 Å². The Bertz CT molecular complexity index is 414. The Balaban J connectivity index is 2.61. The highest BCUT2D eigenvalue weighted by atomic mass is 16.1. The summed E-state index contributed by atoms with van der Waals surface area (Å²) >= 11 is 0. The molecule has 1 atom stereocenters. The van der Waals surface area contributed by atoms with Crippen LogP contribution in [-0.4, -0.2) is 29.2 Å². The number of nitrogens with zero attached hydrogens (tertiary/aromatic N) is 2. The van der Waals surface area contributed by atoms with E-state index in [1.807, 2.05) is 6.92 Å². The van der Waals surface area contributed by atoms with Crippen LogP contribution in [0.5, 0.6) is 0 Å². The van der Waals surface area contributed by atoms with E-state index in [2.05, 4.69) is 22.4 Å². The van der Waals surface area contributed by atoms with Gasteiger partial charge in [0.25, 0.3) is 5.91 Å². The summed E-state index contributed by atoms with van der Waals surface area (Å²) in [7, 11) is 0. The Morgan fingerprint density at radius 3 is 2.74 bits per heavy atom. The summed E-state index contributed by atoms with van der Waals surface area (Å²) in [5.41, 5.74) is 7.61. The molecular formula is C14H24N4O. The maximum absolute atomic E-state index is 12.1. The van der Waals surface area contributed by atoms with Gasteiger partial charge in [0.1, 0.15) is 0 Å². The predicted molar refractivity (Wildman–Crippen MR) is 75.9 cm³/mol. The molecule has 1 aromatic heterocycles. The molecule has 0 aliphatic heterocycles. The predicted octanol–water partition coefficient (Wildman–Crippen LogP) is 1.59. The molecule has 0 aromatic carbocycles. The van der Waals surface area contributed by atoms with E-state index >= 15 is 0 Å². The van der Waals surface area contributed by atoms with Gasteiger partial charge in [0.15, 0.2) is 0 Å². The Morgan fingerprint density at radius 1 is 1.37 bits per heavy atom. The number of amides is 1. The Labute approximate surface area is 115 Å². The molecule has 0 aliphatic carbocycles. The molecule has 1 aromatic rings. The van der Waals surface area contributed by atoms with Gasteiger partial charge in [-0.25, -0.2) is 0 Å². The third-order valence-corrected chi connectivity index (χ3v) is 3.17. The molecule has 1 heterocycles. The van der Waals surface area contributed by atoms with Crippen LogP contribution >= 0.6 is 0 Å². The summed E-state index contributed by atoms with van der Waals surface area (Å²) in [6.07, 6.45) is 3.14. The molecule has 19 heavy (non-hydrogen) atoms. The fourth-order valence-corrected chi connectivity index (χ4v) is 2.10. The monoisotopic (exact) mass is 264 g/mol. The van der Waals surface area contributed by atoms with Gasteiger partial charge < -0.3 is 11.1 Å². The van der Waals surface area contributed by atoms with Crippen LogP contribution in [-0.2, 0) is 0 Å². The Morgan fingerprint density at radius 2 is 2.11 bits per heavy atom. The fraction of sp³-hybridized carbons (Fsp3) is 0.643. The molecule has 106 valence electrons. The smallest absolute Gasteiger partial charge is 0.253 e. The average molecular weight is 264 g/mol. The standard InChI is InChI=1S/C14H24N4O/c1-4-5-12(6-7-15)9-16-14(19)13-8-10(2)17-18-11(13)3/h8,12H,4-7,9,15H2,1-3H3,(H,16,19). The summed E-state index contributed by atoms with van der Waals surface area (Å²) in [6, 6.07) is 1.77. The molecule has 1 amide bonds. The molecule has 0 radical (unpaired) electrons. The Hall–Kier alpha value is -1.49. The quantitative estimate of drug-likeness (QED) is 0.783. The number of hydrogen-bond acceptors (Lipinski definition) is 4. The molecule has 0 spiro atoms. The average Bonchev–Trinajstić information content (AvgIpc) is 2.39. The van der Waals surface area contributed by atoms with Crippen molar-refractivity contribution in [2.45, 2.75) is 40.0 Å². The minimum Gasteiger partial charge on any atom is -0.352 e. The van der Waals surface area contributed by atoms with Crippen LogP contribution in [0.15, 0.2) is 6.07 Å². The fourth-order valence-electron chi connectivity index (χ4n) is 2.10. The van der Waals surface area contributed by atoms with Crippen LogP contribution in [0.1, 0.15) is 47.9 Å². The van der Waals surface area contributed by atoms with Gasteiger partial charge in [-0.3, -0.25) is 4.79 Å². The maximum Gasteiger partial charge on any atom is 0.253 e. The minimum atomic E-state index is -0.0753. The van der Waals surface area contributed by atoms with Crippen LogP contribution < -0.4 is 11.1 Å². The number of nitrogens with one attached hydrogen (secondary N) is 1. The van der Waals surface area contributed by atoms with Crippen molar-refractivity contribution in [3.8, 4) is 0 Å². The van der Waals surface area contributed by atoms with E-state index < -0.39 is 0 Å². The summed E-state index contributed by atoms with van der Waals surface area (Å²) in [4.78, 5) is 12.1. The highest BCUT2D eigenvalue weighted by Gasteiger charge is 2.13. The molecule has 5 heteroatoms. The zero-order valence-electron chi connectivity index (χ0n) is 12.1. The van der Waals surface area contributed by atoms with Gasteiger partial charge in [0, 0.05) is 6.54 Å². The highest BCUT2D eigenvalue weighted by Crippen LogP contribution is 2.10. The lowest BCUT2D eigenvalue weighted by Gasteiger charge is -2.16. The van der Waals surface area contributed by atoms with E-state index in [0.29, 0.717) is 30.3 Å². The number of carbonyl (C=O) groups is 1. The molecular weight excluding hydrogens is 240 g/mol. The molecule has 5 nitrogen and oxygen atoms in total. The van der Waals surface area contributed by atoms with Crippen molar-refractivity contribution in [3.05, 3.63) is 23.0 Å². The number of rotatable bonds is 7. The lowest BCUT2D eigenvalue weighted by molar-refractivity contribution is 0.0944. The molecule has 1 rings (SSSR count). The topological polar surface area (TPSA) is 80.9 Å². The first kappa shape index (κ1) is 15.6. The van der Waals surface area contributed by atoms with Crippen LogP contribution in [0, 0.1) is 19.8 Å². The lowest BCUT2D eigenvalue weighted by atomic mass is 9.99. The van der Waals surface area contributed by atoms with Gasteiger partial charge in [0.2, 0.25) is 0 Å². The second kappa shape index (κ2) is 7.84. The number of aromatic nitrogens is 2. The van der Waals surface area contributed by atoms with Gasteiger partial charge in [-0.2, -0.15) is 10.2 Å². The van der Waals surface area contributed by atoms with Crippen molar-refractivity contribution >= 4 is 5.91 Å². The van der Waals surface area contributed by atoms with Crippen molar-refractivity contribution in [2.24, 2.45) is 11.7 Å². The van der Waals surface area contributed by atoms with Crippen LogP contribution in [0.2, 0.25) is 0 Å². The Kier molecular flexibility index (Phi) is 6.42. The van der Waals surface area contributed by atoms with Crippen LogP contribution in [0.4, 0.5) is 0 Å². The number of aryl methyl sites for hydroxylation is 2. The third kappa shape index (κ3) is 4.95. The van der Waals surface area contributed by atoms with Crippen molar-refractivity contribution in [3.63, 3.8) is 0 Å². The van der Waals surface area contributed by atoms with Crippen LogP contribution in [0.3, 0.4) is 0 Å². The van der Waals surface area contributed by atoms with E-state index in [1.165, 1.54) is 0 Å². The van der Waals surface area contributed by atoms with Gasteiger partial charge in [-0.05, 0) is 45.2 Å². The van der Waals surface area contributed by atoms with E-state index in [9.17, 15) is 4.79 Å². The molecule has 1 unspecified atom stereocenters. The number of hydrogen-bond donors (Lipinski definition) is 2. The summed E-state index contributed by atoms with van der Waals surface area (Å²) in [5, 5.41) is 10.9. The van der Waals surface area contributed by atoms with Gasteiger partial charge >= 0.3 is 0 Å². The largest absolute Gasteiger partial charge is 0.352 e. The molecule has 3 N–H and O–H groups in total. The van der Waals surface area contributed by atoms with E-state index in [1.54, 1.807) is 13.0 Å². The number of carbonyl (C=O) groups excluding carboxylic acids is 1. The number of nitrogens with two attached hydrogens (primary N) is 1. The first-order chi connectivity index (χ1) is 9.08. The highest BCUT2D eigenvalue weighted by molar-refractivity contribution is 5.95. The summed E-state index contributed by atoms with van der Waals surface area (Å²) < 4.78 is 0. The van der Waals surface area contributed by atoms with Crippen molar-refractivity contribution in [1.82, 2.24) is 15.5 Å². The van der Waals surface area contributed by atoms with Gasteiger partial charge in [-0.1, -0.05) is 13.3 Å². The van der Waals surface area contributed by atoms with Crippen molar-refractivity contribution < 1.29 is 4.79 Å². The first-order valence-electron chi connectivity index (χ1n) is 6.87. The first-order valence-corrected chi connectivity index (χ1v) is 6.87. The molecule has 0 bridgehead atoms. The lowest BCUT2D eigenvalue weighted by Crippen LogP contribution is -2.31. The SMILES string of the molecule is CCCC(CCN)CNC(=O)c1cc(C)nnc1C. The minimum absolute atomic E-state index is 0.0753. The van der Waals surface area contributed by atoms with Crippen LogP contribution in [0.25, 0.3) is 0 Å². The molecule has 0 saturated heterocycles. The van der Waals surface area contributed by atoms with Gasteiger partial charge in [0.05, 0.1) is 17.0 Å². The zero-order valence-corrected chi connectivity index (χ0v) is 12.1. The second-order valence-electron chi connectivity index (χ2n) is 4.93. The third-order valence-electron chi connectivity index (χ3n) is 3.17. The van der Waals surface area contributed by atoms with E-state index in [-0.39, 0.29) is 5.91 Å². The zero-order chi connectivity index (χ0) is 14.3.